The summed E-state index contributed by atoms with van der Waals surface area (Å²) >= 11 is 11.4. The number of nitrogens with two attached hydrogens (primary N) is 1. The van der Waals surface area contributed by atoms with Crippen LogP contribution in [0.1, 0.15) is 5.56 Å². The Kier molecular flexibility index (Phi) is 3.16. The predicted octanol–water partition coefficient (Wildman–Crippen LogP) is 3.78. The van der Waals surface area contributed by atoms with Gasteiger partial charge in [-0.15, -0.1) is 0 Å². The number of nitrogen functional groups attached to an aromatic ring is 1. The molecule has 8 heteroatoms. The van der Waals surface area contributed by atoms with Crippen LogP contribution in [0.15, 0.2) is 24.4 Å². The third-order valence-electron chi connectivity index (χ3n) is 2.22. The molecule has 2 rings (SSSR count). The average molecular weight is 296 g/mol. The third-order valence-corrected chi connectivity index (χ3v) is 2.81. The van der Waals surface area contributed by atoms with E-state index >= 15 is 0 Å². The number of hydrogen-bond donors (Lipinski definition) is 1. The molecule has 96 valence electrons. The van der Waals surface area contributed by atoms with E-state index in [0.29, 0.717) is 0 Å². The first kappa shape index (κ1) is 13.0. The molecule has 18 heavy (non-hydrogen) atoms. The van der Waals surface area contributed by atoms with Gasteiger partial charge in [0.25, 0.3) is 0 Å². The topological polar surface area (TPSA) is 43.8 Å². The summed E-state index contributed by atoms with van der Waals surface area (Å²) in [4.78, 5) is 0. The van der Waals surface area contributed by atoms with Crippen molar-refractivity contribution < 1.29 is 13.2 Å². The van der Waals surface area contributed by atoms with E-state index in [-0.39, 0.29) is 21.6 Å². The lowest BCUT2D eigenvalue weighted by atomic mass is 10.2. The number of halogens is 5. The Labute approximate surface area is 110 Å². The molecule has 0 aliphatic rings. The van der Waals surface area contributed by atoms with Crippen molar-refractivity contribution in [3.8, 4) is 5.69 Å². The molecule has 1 heterocycles. The second kappa shape index (κ2) is 4.37. The highest BCUT2D eigenvalue weighted by molar-refractivity contribution is 6.33. The lowest BCUT2D eigenvalue weighted by molar-refractivity contribution is -0.137. The number of anilines is 1. The molecule has 0 atom stereocenters. The van der Waals surface area contributed by atoms with Crippen molar-refractivity contribution in [1.82, 2.24) is 9.78 Å². The number of benzene rings is 1. The molecule has 2 aromatic rings. The summed E-state index contributed by atoms with van der Waals surface area (Å²) in [6, 6.07) is 2.93. The van der Waals surface area contributed by atoms with Gasteiger partial charge in [0.15, 0.2) is 5.15 Å². The zero-order valence-corrected chi connectivity index (χ0v) is 10.2. The molecule has 0 spiro atoms. The average Bonchev–Trinajstić information content (AvgIpc) is 2.57. The van der Waals surface area contributed by atoms with Crippen molar-refractivity contribution in [1.29, 1.82) is 0 Å². The lowest BCUT2D eigenvalue weighted by Gasteiger charge is -2.09. The predicted molar refractivity (Wildman–Crippen MR) is 63.0 cm³/mol. The molecule has 2 N–H and O–H groups in total. The number of nitrogens with zero attached hydrogens (tertiary/aromatic N) is 2. The molecule has 0 saturated carbocycles. The first-order valence-electron chi connectivity index (χ1n) is 4.67. The first-order chi connectivity index (χ1) is 8.29. The monoisotopic (exact) mass is 295 g/mol. The number of alkyl halides is 3. The fourth-order valence-electron chi connectivity index (χ4n) is 1.36. The minimum Gasteiger partial charge on any atom is -0.395 e. The summed E-state index contributed by atoms with van der Waals surface area (Å²) < 4.78 is 38.6. The molecule has 0 bridgehead atoms. The molecule has 0 aliphatic carbocycles. The number of aromatic nitrogens is 2. The second-order valence-corrected chi connectivity index (χ2v) is 4.25. The van der Waals surface area contributed by atoms with Gasteiger partial charge in [-0.25, -0.2) is 4.68 Å². The van der Waals surface area contributed by atoms with Crippen LogP contribution in [0, 0.1) is 0 Å². The Morgan fingerprint density at radius 2 is 1.89 bits per heavy atom. The molecule has 0 aliphatic heterocycles. The normalized spacial score (nSPS) is 11.8. The molecule has 0 saturated heterocycles. The maximum Gasteiger partial charge on any atom is 0.416 e. The lowest BCUT2D eigenvalue weighted by Crippen LogP contribution is -2.06. The van der Waals surface area contributed by atoms with Crippen molar-refractivity contribution >= 4 is 28.9 Å². The van der Waals surface area contributed by atoms with Gasteiger partial charge in [-0.05, 0) is 18.2 Å². The van der Waals surface area contributed by atoms with Gasteiger partial charge >= 0.3 is 6.18 Å². The van der Waals surface area contributed by atoms with E-state index in [1.54, 1.807) is 0 Å². The van der Waals surface area contributed by atoms with Gasteiger partial charge in [0.05, 0.1) is 28.2 Å². The fraction of sp³-hybridized carbons (Fsp3) is 0.100. The minimum absolute atomic E-state index is 0.0611. The van der Waals surface area contributed by atoms with Gasteiger partial charge in [-0.3, -0.25) is 0 Å². The van der Waals surface area contributed by atoms with E-state index in [4.69, 9.17) is 28.9 Å². The van der Waals surface area contributed by atoms with Gasteiger partial charge in [0.1, 0.15) is 0 Å². The van der Waals surface area contributed by atoms with Gasteiger partial charge in [0, 0.05) is 0 Å². The Balaban J connectivity index is 2.48. The first-order valence-corrected chi connectivity index (χ1v) is 5.42. The summed E-state index contributed by atoms with van der Waals surface area (Å²) in [6.45, 7) is 0. The highest BCUT2D eigenvalue weighted by atomic mass is 35.5. The van der Waals surface area contributed by atoms with E-state index < -0.39 is 11.7 Å². The van der Waals surface area contributed by atoms with Crippen LogP contribution in [-0.2, 0) is 6.18 Å². The molecule has 3 nitrogen and oxygen atoms in total. The highest BCUT2D eigenvalue weighted by Crippen LogP contribution is 2.33. The van der Waals surface area contributed by atoms with Crippen LogP contribution in [0.2, 0.25) is 10.2 Å². The second-order valence-electron chi connectivity index (χ2n) is 3.48. The van der Waals surface area contributed by atoms with Crippen molar-refractivity contribution in [2.75, 3.05) is 5.73 Å². The highest BCUT2D eigenvalue weighted by Gasteiger charge is 2.31. The third kappa shape index (κ3) is 2.39. The van der Waals surface area contributed by atoms with E-state index in [1.165, 1.54) is 16.9 Å². The molecule has 0 unspecified atom stereocenters. The summed E-state index contributed by atoms with van der Waals surface area (Å²) in [7, 11) is 0. The molecule has 0 radical (unpaired) electrons. The van der Waals surface area contributed by atoms with Gasteiger partial charge < -0.3 is 5.73 Å². The zero-order chi connectivity index (χ0) is 13.5. The fourth-order valence-corrected chi connectivity index (χ4v) is 1.76. The standard InChI is InChI=1S/C10H6Cl2F3N3/c11-6-3-5(10(13,14)15)1-2-8(6)18-4-7(16)9(12)17-18/h1-4H,16H2. The van der Waals surface area contributed by atoms with Gasteiger partial charge in [0.2, 0.25) is 0 Å². The molecular weight excluding hydrogens is 290 g/mol. The molecule has 0 amide bonds. The summed E-state index contributed by atoms with van der Waals surface area (Å²) in [5.41, 5.74) is 5.14. The molecule has 0 fully saturated rings. The van der Waals surface area contributed by atoms with Gasteiger partial charge in [-0.1, -0.05) is 23.2 Å². The van der Waals surface area contributed by atoms with Crippen molar-refractivity contribution in [3.63, 3.8) is 0 Å². The molecular formula is C10H6Cl2F3N3. The number of rotatable bonds is 1. The minimum atomic E-state index is -4.44. The summed E-state index contributed by atoms with van der Waals surface area (Å²) in [5.74, 6) is 0. The van der Waals surface area contributed by atoms with Crippen LogP contribution in [0.25, 0.3) is 5.69 Å². The largest absolute Gasteiger partial charge is 0.416 e. The van der Waals surface area contributed by atoms with E-state index in [1.807, 2.05) is 0 Å². The summed E-state index contributed by atoms with van der Waals surface area (Å²) in [5, 5.41) is 3.79. The Morgan fingerprint density at radius 1 is 1.22 bits per heavy atom. The van der Waals surface area contributed by atoms with Crippen LogP contribution in [0.4, 0.5) is 18.9 Å². The van der Waals surface area contributed by atoms with Crippen molar-refractivity contribution in [2.45, 2.75) is 6.18 Å². The Morgan fingerprint density at radius 3 is 2.33 bits per heavy atom. The quantitative estimate of drug-likeness (QED) is 0.870. The van der Waals surface area contributed by atoms with Crippen LogP contribution in [0.3, 0.4) is 0 Å². The van der Waals surface area contributed by atoms with Crippen molar-refractivity contribution in [3.05, 3.63) is 40.1 Å². The van der Waals surface area contributed by atoms with E-state index in [9.17, 15) is 13.2 Å². The van der Waals surface area contributed by atoms with Gasteiger partial charge in [-0.2, -0.15) is 18.3 Å². The summed E-state index contributed by atoms with van der Waals surface area (Å²) in [6.07, 6.45) is -3.07. The zero-order valence-electron chi connectivity index (χ0n) is 8.67. The van der Waals surface area contributed by atoms with Crippen LogP contribution >= 0.6 is 23.2 Å². The number of hydrogen-bond acceptors (Lipinski definition) is 2. The van der Waals surface area contributed by atoms with Crippen LogP contribution in [-0.4, -0.2) is 9.78 Å². The maximum atomic E-state index is 12.4. The van der Waals surface area contributed by atoms with Crippen LogP contribution in [0.5, 0.6) is 0 Å². The van der Waals surface area contributed by atoms with Crippen molar-refractivity contribution in [2.24, 2.45) is 0 Å². The van der Waals surface area contributed by atoms with E-state index in [2.05, 4.69) is 5.10 Å². The molecule has 1 aromatic heterocycles. The SMILES string of the molecule is Nc1cn(-c2ccc(C(F)(F)F)cc2Cl)nc1Cl. The maximum absolute atomic E-state index is 12.4. The van der Waals surface area contributed by atoms with E-state index in [0.717, 1.165) is 12.1 Å². The van der Waals surface area contributed by atoms with Crippen LogP contribution < -0.4 is 5.73 Å². The Bertz CT molecular complexity index is 573. The molecule has 1 aromatic carbocycles. The Hall–Kier alpha value is -1.40. The smallest absolute Gasteiger partial charge is 0.395 e.